The summed E-state index contributed by atoms with van der Waals surface area (Å²) in [6, 6.07) is 17.5. The summed E-state index contributed by atoms with van der Waals surface area (Å²) in [7, 11) is 0. The van der Waals surface area contributed by atoms with Gasteiger partial charge in [-0.2, -0.15) is 15.1 Å². The molecule has 1 N–H and O–H groups in total. The molecule has 0 fully saturated rings. The number of hydrogen-bond acceptors (Lipinski definition) is 5. The highest BCUT2D eigenvalue weighted by atomic mass is 32.2. The van der Waals surface area contributed by atoms with Gasteiger partial charge >= 0.3 is 0 Å². The van der Waals surface area contributed by atoms with Crippen molar-refractivity contribution < 1.29 is 9.53 Å². The van der Waals surface area contributed by atoms with E-state index in [0.717, 1.165) is 41.2 Å². The number of amidine groups is 2. The number of benzene rings is 2. The third-order valence-corrected chi connectivity index (χ3v) is 5.98. The second kappa shape index (κ2) is 9.31. The van der Waals surface area contributed by atoms with Crippen LogP contribution in [-0.2, 0) is 4.79 Å². The van der Waals surface area contributed by atoms with E-state index in [4.69, 9.17) is 10.1 Å². The molecule has 0 spiro atoms. The number of nitrogens with zero attached hydrogens (tertiary/aromatic N) is 3. The maximum atomic E-state index is 12.5. The molecule has 1 unspecified atom stereocenters. The zero-order valence-corrected chi connectivity index (χ0v) is 18.4. The molecule has 2 heterocycles. The van der Waals surface area contributed by atoms with Gasteiger partial charge in [0.15, 0.2) is 5.84 Å². The molecule has 0 bridgehead atoms. The number of thioether (sulfide) groups is 1. The average Bonchev–Trinajstić information content (AvgIpc) is 3.20. The van der Waals surface area contributed by atoms with E-state index >= 15 is 0 Å². The number of carbonyl (C=O) groups excluding carboxylic acids is 1. The van der Waals surface area contributed by atoms with Gasteiger partial charge in [-0.05, 0) is 60.9 Å². The summed E-state index contributed by atoms with van der Waals surface area (Å²) in [6.07, 6.45) is 4.53. The molecule has 0 radical (unpaired) electrons. The minimum atomic E-state index is -0.409. The van der Waals surface area contributed by atoms with E-state index in [9.17, 15) is 4.79 Å². The van der Waals surface area contributed by atoms with Crippen LogP contribution in [0.1, 0.15) is 50.3 Å². The summed E-state index contributed by atoms with van der Waals surface area (Å²) in [5.74, 6) is 0.394. The third kappa shape index (κ3) is 4.77. The first-order valence-electron chi connectivity index (χ1n) is 10.4. The highest BCUT2D eigenvalue weighted by Crippen LogP contribution is 2.30. The van der Waals surface area contributed by atoms with Crippen molar-refractivity contribution in [3.05, 3.63) is 71.3 Å². The Hall–Kier alpha value is -3.19. The van der Waals surface area contributed by atoms with E-state index in [-0.39, 0.29) is 17.5 Å². The lowest BCUT2D eigenvalue weighted by molar-refractivity contribution is -0.114. The van der Waals surface area contributed by atoms with Gasteiger partial charge < -0.3 is 4.74 Å². The van der Waals surface area contributed by atoms with Gasteiger partial charge in [0, 0.05) is 0 Å². The van der Waals surface area contributed by atoms with Crippen LogP contribution in [0.2, 0.25) is 0 Å². The molecule has 0 saturated carbocycles. The van der Waals surface area contributed by atoms with Crippen LogP contribution in [0.25, 0.3) is 6.08 Å². The van der Waals surface area contributed by atoms with Crippen molar-refractivity contribution in [2.24, 2.45) is 10.1 Å². The van der Waals surface area contributed by atoms with E-state index < -0.39 is 5.91 Å². The van der Waals surface area contributed by atoms with E-state index in [2.05, 4.69) is 17.0 Å². The number of fused-ring (bicyclic) bond motifs is 1. The molecule has 6 nitrogen and oxygen atoms in total. The third-order valence-electron chi connectivity index (χ3n) is 5.01. The van der Waals surface area contributed by atoms with Crippen molar-refractivity contribution in [3.8, 4) is 5.75 Å². The van der Waals surface area contributed by atoms with Gasteiger partial charge in [-0.1, -0.05) is 55.8 Å². The number of aliphatic imine (C=N–C) groups is 1. The van der Waals surface area contributed by atoms with Gasteiger partial charge in [0.1, 0.15) is 16.9 Å². The zero-order valence-electron chi connectivity index (χ0n) is 17.5. The normalized spacial score (nSPS) is 18.0. The Morgan fingerprint density at radius 1 is 1.16 bits per heavy atom. The monoisotopic (exact) mass is 432 g/mol. The molecule has 2 aromatic rings. The van der Waals surface area contributed by atoms with Crippen LogP contribution in [0.3, 0.4) is 0 Å². The van der Waals surface area contributed by atoms with Gasteiger partial charge in [0.05, 0.1) is 5.57 Å². The largest absolute Gasteiger partial charge is 0.486 e. The minimum absolute atomic E-state index is 0.0621. The van der Waals surface area contributed by atoms with Crippen LogP contribution < -0.4 is 4.74 Å². The Bertz CT molecular complexity index is 1070. The van der Waals surface area contributed by atoms with Crippen LogP contribution in [0, 0.1) is 5.41 Å². The lowest BCUT2D eigenvalue weighted by atomic mass is 10.1. The fourth-order valence-corrected chi connectivity index (χ4v) is 4.19. The fraction of sp³-hybridized carbons (Fsp3) is 0.250. The summed E-state index contributed by atoms with van der Waals surface area (Å²) in [5.41, 5.74) is 2.13. The predicted molar refractivity (Wildman–Crippen MR) is 126 cm³/mol. The van der Waals surface area contributed by atoms with E-state index in [1.807, 2.05) is 61.5 Å². The molecule has 1 atom stereocenters. The van der Waals surface area contributed by atoms with Crippen LogP contribution in [0.15, 0.2) is 70.3 Å². The molecule has 7 heteroatoms. The smallest absolute Gasteiger partial charge is 0.283 e. The number of amides is 1. The van der Waals surface area contributed by atoms with Crippen molar-refractivity contribution in [2.75, 3.05) is 0 Å². The van der Waals surface area contributed by atoms with E-state index in [0.29, 0.717) is 5.17 Å². The lowest BCUT2D eigenvalue weighted by Gasteiger charge is -2.20. The summed E-state index contributed by atoms with van der Waals surface area (Å²) >= 11 is 1.38. The molecule has 1 amide bonds. The Kier molecular flexibility index (Phi) is 6.32. The van der Waals surface area contributed by atoms with Crippen molar-refractivity contribution in [1.82, 2.24) is 5.01 Å². The molecule has 0 saturated heterocycles. The minimum Gasteiger partial charge on any atom is -0.486 e. The quantitative estimate of drug-likeness (QED) is 0.575. The number of ether oxygens (including phenoxy) is 1. The maximum absolute atomic E-state index is 12.5. The van der Waals surface area contributed by atoms with Gasteiger partial charge in [-0.25, -0.2) is 0 Å². The maximum Gasteiger partial charge on any atom is 0.283 e. The summed E-state index contributed by atoms with van der Waals surface area (Å²) in [5, 5.41) is 15.8. The highest BCUT2D eigenvalue weighted by Gasteiger charge is 2.35. The Balaban J connectivity index is 1.48. The van der Waals surface area contributed by atoms with Crippen molar-refractivity contribution in [3.63, 3.8) is 0 Å². The fourth-order valence-electron chi connectivity index (χ4n) is 3.27. The summed E-state index contributed by atoms with van der Waals surface area (Å²) < 4.78 is 6.01. The first-order valence-corrected chi connectivity index (χ1v) is 11.2. The number of hydrazone groups is 1. The number of carbonyl (C=O) groups is 1. The Morgan fingerprint density at radius 3 is 2.61 bits per heavy atom. The molecule has 0 aliphatic carbocycles. The topological polar surface area (TPSA) is 78.1 Å². The summed E-state index contributed by atoms with van der Waals surface area (Å²) in [4.78, 5) is 16.7. The number of nitrogens with one attached hydrogen (secondary N) is 1. The van der Waals surface area contributed by atoms with Crippen molar-refractivity contribution >= 4 is 39.8 Å². The van der Waals surface area contributed by atoms with Gasteiger partial charge in [0.25, 0.3) is 5.91 Å². The molecule has 2 aromatic carbocycles. The Morgan fingerprint density at radius 2 is 1.90 bits per heavy atom. The zero-order chi connectivity index (χ0) is 21.8. The molecule has 31 heavy (non-hydrogen) atoms. The first-order chi connectivity index (χ1) is 15.0. The number of rotatable bonds is 7. The number of hydrogen-bond donors (Lipinski definition) is 1. The standard InChI is InChI=1S/C24H24N4O2S/c1-3-4-10-21-27-28-22(25)20(23(29)26-24(28)31-21)15-17-11-13-19(14-12-17)30-16(2)18-8-6-5-7-9-18/h5-9,11-16,25H,3-4,10H2,1-2H3/b20-15-,25-22?. The van der Waals surface area contributed by atoms with Crippen LogP contribution in [0.5, 0.6) is 5.75 Å². The van der Waals surface area contributed by atoms with E-state index in [1.54, 1.807) is 6.08 Å². The number of unbranched alkanes of at least 4 members (excludes halogenated alkanes) is 1. The van der Waals surface area contributed by atoms with Gasteiger partial charge in [0.2, 0.25) is 5.17 Å². The summed E-state index contributed by atoms with van der Waals surface area (Å²) in [6.45, 7) is 4.13. The molecule has 0 aromatic heterocycles. The van der Waals surface area contributed by atoms with E-state index in [1.165, 1.54) is 16.8 Å². The van der Waals surface area contributed by atoms with Gasteiger partial charge in [-0.15, -0.1) is 0 Å². The molecule has 2 aliphatic rings. The van der Waals surface area contributed by atoms with Crippen molar-refractivity contribution in [1.29, 1.82) is 5.41 Å². The van der Waals surface area contributed by atoms with Crippen molar-refractivity contribution in [2.45, 2.75) is 39.2 Å². The molecular formula is C24H24N4O2S. The molecule has 4 rings (SSSR count). The molecular weight excluding hydrogens is 408 g/mol. The average molecular weight is 433 g/mol. The molecule has 2 aliphatic heterocycles. The van der Waals surface area contributed by atoms with Gasteiger partial charge in [-0.3, -0.25) is 10.2 Å². The predicted octanol–water partition coefficient (Wildman–Crippen LogP) is 5.64. The van der Waals surface area contributed by atoms with Crippen LogP contribution in [-0.4, -0.2) is 27.0 Å². The molecule has 158 valence electrons. The SMILES string of the molecule is CCCCC1=NN2C(=N)/C(=C/c3ccc(OC(C)c4ccccc4)cc3)C(=O)N=C2S1. The second-order valence-electron chi connectivity index (χ2n) is 7.36. The Labute approximate surface area is 186 Å². The van der Waals surface area contributed by atoms with Crippen LogP contribution in [0.4, 0.5) is 0 Å². The van der Waals surface area contributed by atoms with Crippen LogP contribution >= 0.6 is 11.8 Å². The second-order valence-corrected chi connectivity index (χ2v) is 8.40. The first kappa shape index (κ1) is 21.1. The highest BCUT2D eigenvalue weighted by molar-refractivity contribution is 8.26. The lowest BCUT2D eigenvalue weighted by Crippen LogP contribution is -2.35.